The van der Waals surface area contributed by atoms with Crippen LogP contribution in [0.4, 0.5) is 0 Å². The molecule has 9 atom stereocenters. The summed E-state index contributed by atoms with van der Waals surface area (Å²) in [5.74, 6) is -3.11. The molecule has 0 aliphatic carbocycles. The number of nitrogens with zero attached hydrogens (tertiary/aromatic N) is 4. The molecule has 0 spiro atoms. The van der Waals surface area contributed by atoms with Gasteiger partial charge in [0.05, 0.1) is 48.4 Å². The highest BCUT2D eigenvalue weighted by Crippen LogP contribution is 2.31. The van der Waals surface area contributed by atoms with E-state index in [1.807, 2.05) is 70.0 Å². The molecule has 0 bridgehead atoms. The number of likely N-dealkylation sites (tertiary alicyclic amines) is 1. The van der Waals surface area contributed by atoms with Crippen molar-refractivity contribution in [3.05, 3.63) is 72.7 Å². The van der Waals surface area contributed by atoms with E-state index >= 15 is 0 Å². The molecular formula is C53H82N6O10. The number of likely N-dealkylation sites (N-methyl/N-ethyl adjacent to an activating group) is 2. The van der Waals surface area contributed by atoms with Crippen LogP contribution in [0.2, 0.25) is 0 Å². The number of allylic oxidation sites excluding steroid dienone is 1. The molecule has 1 aromatic rings. The molecule has 1 fully saturated rings. The average molecular weight is 963 g/mol. The van der Waals surface area contributed by atoms with Crippen molar-refractivity contribution in [2.75, 3.05) is 41.4 Å². The largest absolute Gasteiger partial charge is 0.430 e. The highest BCUT2D eigenvalue weighted by atomic mass is 16.5. The lowest BCUT2D eigenvalue weighted by Crippen LogP contribution is -2.57. The summed E-state index contributed by atoms with van der Waals surface area (Å²) in [6.07, 6.45) is 5.58. The molecule has 2 heterocycles. The fourth-order valence-corrected chi connectivity index (χ4v) is 9.66. The number of imide groups is 1. The third kappa shape index (κ3) is 16.1. The van der Waals surface area contributed by atoms with Crippen molar-refractivity contribution in [3.8, 4) is 0 Å². The number of benzene rings is 1. The molecule has 0 saturated carbocycles. The van der Waals surface area contributed by atoms with Gasteiger partial charge in [0, 0.05) is 72.1 Å². The fraction of sp³-hybridized carbons (Fsp3) is 0.642. The van der Waals surface area contributed by atoms with E-state index in [-0.39, 0.29) is 78.4 Å². The lowest BCUT2D eigenvalue weighted by Gasteiger charge is -2.43. The second-order valence-corrected chi connectivity index (χ2v) is 19.5. The average Bonchev–Trinajstić information content (AvgIpc) is 3.92. The van der Waals surface area contributed by atoms with Gasteiger partial charge in [-0.3, -0.25) is 33.7 Å². The number of esters is 1. The molecular weight excluding hydrogens is 881 g/mol. The monoisotopic (exact) mass is 963 g/mol. The summed E-state index contributed by atoms with van der Waals surface area (Å²) in [4.78, 5) is 99.5. The Morgan fingerprint density at radius 3 is 2.03 bits per heavy atom. The Kier molecular flexibility index (Phi) is 23.3. The maximum atomic E-state index is 14.5. The van der Waals surface area contributed by atoms with Crippen molar-refractivity contribution in [2.24, 2.45) is 23.7 Å². The van der Waals surface area contributed by atoms with Gasteiger partial charge in [0.25, 0.3) is 11.8 Å². The number of rotatable bonds is 29. The predicted octanol–water partition coefficient (Wildman–Crippen LogP) is 5.81. The molecule has 0 radical (unpaired) electrons. The Balaban J connectivity index is 1.73. The van der Waals surface area contributed by atoms with Crippen LogP contribution < -0.4 is 10.6 Å². The van der Waals surface area contributed by atoms with Gasteiger partial charge < -0.3 is 39.5 Å². The van der Waals surface area contributed by atoms with Crippen LogP contribution in [0, 0.1) is 23.7 Å². The molecule has 3 rings (SSSR count). The molecule has 0 aromatic heterocycles. The van der Waals surface area contributed by atoms with Gasteiger partial charge in [0.2, 0.25) is 23.6 Å². The Morgan fingerprint density at radius 2 is 1.48 bits per heavy atom. The standard InChI is InChI=1S/C53H82N6O10/c1-15-36(8)49(56(11)38(10)47(33(2)3)55-52(65)48(34(4)5)57(12)43(60)26-20-17-21-29-59-44(61)27-28-45(59)62)42(67-13)32-46(63)58-30-22-25-41(58)50(68-14)37(9)51(64)54-40(53(66)69-35(6)7)31-39-23-18-16-19-24-39/h16,18-19,23-24,27-28,33-34,36-37,40-42,47-50H,6,10,15,17,20-22,25-26,29-32H2,1-5,7-9,11-14H3,(H,54,64)(H,55,65)/t36-,37+,40-,41-,42+,47-,48-,49?,50+/m0/s1. The maximum Gasteiger partial charge on any atom is 0.334 e. The summed E-state index contributed by atoms with van der Waals surface area (Å²) in [6, 6.07) is 6.33. The van der Waals surface area contributed by atoms with Crippen LogP contribution in [-0.2, 0) is 54.2 Å². The first-order valence-corrected chi connectivity index (χ1v) is 24.7. The molecule has 6 amide bonds. The number of hydrogen-bond donors (Lipinski definition) is 2. The summed E-state index contributed by atoms with van der Waals surface area (Å²) in [6.45, 7) is 24.2. The highest BCUT2D eigenvalue weighted by molar-refractivity contribution is 6.12. The number of hydrogen-bond acceptors (Lipinski definition) is 11. The van der Waals surface area contributed by atoms with Crippen molar-refractivity contribution in [3.63, 3.8) is 0 Å². The van der Waals surface area contributed by atoms with E-state index in [2.05, 4.69) is 37.6 Å². The second kappa shape index (κ2) is 27.7. The Labute approximate surface area is 411 Å². The van der Waals surface area contributed by atoms with Crippen LogP contribution in [0.3, 0.4) is 0 Å². The van der Waals surface area contributed by atoms with Gasteiger partial charge >= 0.3 is 5.97 Å². The van der Waals surface area contributed by atoms with Crippen molar-refractivity contribution < 1.29 is 47.8 Å². The number of carbonyl (C=O) groups excluding carboxylic acids is 7. The van der Waals surface area contributed by atoms with E-state index in [0.717, 1.165) is 12.0 Å². The summed E-state index contributed by atoms with van der Waals surface area (Å²) in [5.41, 5.74) is 1.48. The van der Waals surface area contributed by atoms with Crippen LogP contribution >= 0.6 is 0 Å². The van der Waals surface area contributed by atoms with Crippen LogP contribution in [0.25, 0.3) is 0 Å². The highest BCUT2D eigenvalue weighted by Gasteiger charge is 2.43. The minimum absolute atomic E-state index is 0.0263. The van der Waals surface area contributed by atoms with Crippen molar-refractivity contribution >= 4 is 41.4 Å². The van der Waals surface area contributed by atoms with Crippen molar-refractivity contribution in [1.82, 2.24) is 30.2 Å². The smallest absolute Gasteiger partial charge is 0.334 e. The van der Waals surface area contributed by atoms with Crippen LogP contribution in [0.5, 0.6) is 0 Å². The number of ether oxygens (including phenoxy) is 3. The maximum absolute atomic E-state index is 14.5. The Bertz CT molecular complexity index is 1950. The quantitative estimate of drug-likeness (QED) is 0.0428. The zero-order valence-corrected chi connectivity index (χ0v) is 43.5. The molecule has 384 valence electrons. The van der Waals surface area contributed by atoms with Gasteiger partial charge in [-0.2, -0.15) is 0 Å². The summed E-state index contributed by atoms with van der Waals surface area (Å²) in [5, 5.41) is 6.11. The van der Waals surface area contributed by atoms with Crippen molar-refractivity contribution in [2.45, 2.75) is 156 Å². The number of nitrogens with one attached hydrogen (secondary N) is 2. The normalized spacial score (nSPS) is 18.3. The third-order valence-corrected chi connectivity index (χ3v) is 13.7. The van der Waals surface area contributed by atoms with E-state index in [9.17, 15) is 33.6 Å². The van der Waals surface area contributed by atoms with E-state index < -0.39 is 54.2 Å². The number of unbranched alkanes of at least 4 members (excludes halogenated alkanes) is 2. The van der Waals surface area contributed by atoms with Gasteiger partial charge in [-0.25, -0.2) is 4.79 Å². The predicted molar refractivity (Wildman–Crippen MR) is 266 cm³/mol. The SMILES string of the molecule is C=C(C)OC(=O)[C@H](Cc1ccccc1)NC(=O)[C@H](C)[C@@H](OC)[C@@H]1CCCN1C(=O)C[C@@H](OC)C([C@@H](C)CC)N(C)C(=C)[C@@H](NC(=O)[C@H](C(C)C)N(C)C(=O)CCCCCN1C(=O)C=CC1=O)C(C)C. The molecule has 16 nitrogen and oxygen atoms in total. The number of carbonyl (C=O) groups is 7. The van der Waals surface area contributed by atoms with Crippen LogP contribution in [0.1, 0.15) is 112 Å². The minimum Gasteiger partial charge on any atom is -0.430 e. The molecule has 1 saturated heterocycles. The van der Waals surface area contributed by atoms with E-state index in [0.29, 0.717) is 50.9 Å². The Morgan fingerprint density at radius 1 is 0.841 bits per heavy atom. The van der Waals surface area contributed by atoms with E-state index in [4.69, 9.17) is 14.2 Å². The van der Waals surface area contributed by atoms with E-state index in [1.165, 1.54) is 29.1 Å². The van der Waals surface area contributed by atoms with Crippen LogP contribution in [0.15, 0.2) is 67.1 Å². The van der Waals surface area contributed by atoms with E-state index in [1.54, 1.807) is 32.9 Å². The van der Waals surface area contributed by atoms with Gasteiger partial charge in [-0.15, -0.1) is 0 Å². The van der Waals surface area contributed by atoms with Crippen molar-refractivity contribution in [1.29, 1.82) is 0 Å². The van der Waals surface area contributed by atoms with Gasteiger partial charge in [0.15, 0.2) is 0 Å². The molecule has 1 unspecified atom stereocenters. The van der Waals surface area contributed by atoms with Gasteiger partial charge in [-0.1, -0.05) is 105 Å². The molecule has 2 N–H and O–H groups in total. The first-order chi connectivity index (χ1) is 32.6. The molecule has 1 aromatic carbocycles. The lowest BCUT2D eigenvalue weighted by molar-refractivity contribution is -0.146. The first kappa shape index (κ1) is 58.0. The van der Waals surface area contributed by atoms with Gasteiger partial charge in [-0.05, 0) is 55.9 Å². The zero-order valence-electron chi connectivity index (χ0n) is 43.5. The molecule has 2 aliphatic heterocycles. The third-order valence-electron chi connectivity index (χ3n) is 13.7. The number of methoxy groups -OCH3 is 2. The summed E-state index contributed by atoms with van der Waals surface area (Å²) < 4.78 is 17.5. The molecule has 2 aliphatic rings. The zero-order chi connectivity index (χ0) is 51.7. The topological polar surface area (TPSA) is 184 Å². The van der Waals surface area contributed by atoms with Crippen LogP contribution in [-0.4, -0.2) is 145 Å². The second-order valence-electron chi connectivity index (χ2n) is 19.5. The number of amides is 6. The summed E-state index contributed by atoms with van der Waals surface area (Å²) >= 11 is 0. The fourth-order valence-electron chi connectivity index (χ4n) is 9.66. The molecule has 16 heteroatoms. The summed E-state index contributed by atoms with van der Waals surface area (Å²) in [7, 11) is 6.68. The Hall–Kier alpha value is -5.35. The molecule has 69 heavy (non-hydrogen) atoms. The first-order valence-electron chi connectivity index (χ1n) is 24.7. The minimum atomic E-state index is -0.976. The van der Waals surface area contributed by atoms with Gasteiger partial charge in [0.1, 0.15) is 12.1 Å². The lowest BCUT2D eigenvalue weighted by atomic mass is 9.88.